The summed E-state index contributed by atoms with van der Waals surface area (Å²) in [5, 5.41) is 9.51. The molecule has 0 bridgehead atoms. The summed E-state index contributed by atoms with van der Waals surface area (Å²) in [7, 11) is 1.62. The van der Waals surface area contributed by atoms with Crippen LogP contribution in [0.3, 0.4) is 0 Å². The first kappa shape index (κ1) is 15.5. The Morgan fingerprint density at radius 1 is 1.04 bits per heavy atom. The lowest BCUT2D eigenvalue weighted by Gasteiger charge is -2.15. The van der Waals surface area contributed by atoms with E-state index in [9.17, 15) is 5.26 Å². The number of nitrogen functional groups attached to an aromatic ring is 1. The Morgan fingerprint density at radius 3 is 2.29 bits per heavy atom. The van der Waals surface area contributed by atoms with Gasteiger partial charge >= 0.3 is 0 Å². The normalized spacial score (nSPS) is 10.2. The second kappa shape index (κ2) is 6.39. The SMILES string of the molecule is COc1ccc(-c2nc(N)c(C#N)c(-c3ccncc3)c2C)cc1. The highest BCUT2D eigenvalue weighted by Gasteiger charge is 2.18. The maximum atomic E-state index is 9.51. The monoisotopic (exact) mass is 316 g/mol. The van der Waals surface area contributed by atoms with Crippen molar-refractivity contribution in [1.29, 1.82) is 5.26 Å². The summed E-state index contributed by atoms with van der Waals surface area (Å²) in [5.74, 6) is 0.994. The number of ether oxygens (including phenoxy) is 1. The third-order valence-electron chi connectivity index (χ3n) is 3.91. The summed E-state index contributed by atoms with van der Waals surface area (Å²) in [4.78, 5) is 8.49. The summed E-state index contributed by atoms with van der Waals surface area (Å²) in [6, 6.07) is 13.5. The predicted molar refractivity (Wildman–Crippen MR) is 93.3 cm³/mol. The molecule has 118 valence electrons. The summed E-state index contributed by atoms with van der Waals surface area (Å²) in [5.41, 5.74) is 10.7. The molecule has 0 spiro atoms. The van der Waals surface area contributed by atoms with E-state index in [2.05, 4.69) is 16.0 Å². The smallest absolute Gasteiger partial charge is 0.142 e. The summed E-state index contributed by atoms with van der Waals surface area (Å²) >= 11 is 0. The second-order valence-corrected chi connectivity index (χ2v) is 5.30. The first-order chi connectivity index (χ1) is 11.7. The van der Waals surface area contributed by atoms with Gasteiger partial charge in [-0.15, -0.1) is 0 Å². The quantitative estimate of drug-likeness (QED) is 0.798. The van der Waals surface area contributed by atoms with Crippen molar-refractivity contribution < 1.29 is 4.74 Å². The van der Waals surface area contributed by atoms with Gasteiger partial charge in [0.05, 0.1) is 12.8 Å². The molecule has 0 aliphatic carbocycles. The van der Waals surface area contributed by atoms with E-state index < -0.39 is 0 Å². The molecule has 5 nitrogen and oxygen atoms in total. The highest BCUT2D eigenvalue weighted by atomic mass is 16.5. The van der Waals surface area contributed by atoms with Crippen LogP contribution in [0.2, 0.25) is 0 Å². The van der Waals surface area contributed by atoms with Crippen LogP contribution in [0.1, 0.15) is 11.1 Å². The van der Waals surface area contributed by atoms with E-state index in [4.69, 9.17) is 10.5 Å². The number of nitrogens with zero attached hydrogens (tertiary/aromatic N) is 3. The number of hydrogen-bond donors (Lipinski definition) is 1. The Bertz CT molecular complexity index is 913. The van der Waals surface area contributed by atoms with Gasteiger partial charge in [0.25, 0.3) is 0 Å². The molecule has 0 aliphatic heterocycles. The zero-order chi connectivity index (χ0) is 17.1. The molecule has 24 heavy (non-hydrogen) atoms. The molecule has 0 saturated carbocycles. The molecule has 0 radical (unpaired) electrons. The third-order valence-corrected chi connectivity index (χ3v) is 3.91. The lowest BCUT2D eigenvalue weighted by molar-refractivity contribution is 0.415. The van der Waals surface area contributed by atoms with Gasteiger partial charge in [-0.05, 0) is 54.4 Å². The van der Waals surface area contributed by atoms with Crippen molar-refractivity contribution >= 4 is 5.82 Å². The number of rotatable bonds is 3. The zero-order valence-corrected chi connectivity index (χ0v) is 13.4. The maximum Gasteiger partial charge on any atom is 0.142 e. The van der Waals surface area contributed by atoms with E-state index in [-0.39, 0.29) is 5.82 Å². The van der Waals surface area contributed by atoms with Crippen LogP contribution < -0.4 is 10.5 Å². The second-order valence-electron chi connectivity index (χ2n) is 5.30. The lowest BCUT2D eigenvalue weighted by atomic mass is 9.93. The molecule has 2 aromatic heterocycles. The molecule has 0 aliphatic rings. The first-order valence-corrected chi connectivity index (χ1v) is 7.40. The fourth-order valence-corrected chi connectivity index (χ4v) is 2.72. The number of anilines is 1. The molecule has 1 aromatic carbocycles. The molecule has 2 heterocycles. The molecule has 0 unspecified atom stereocenters. The predicted octanol–water partition coefficient (Wildman–Crippen LogP) is 3.58. The first-order valence-electron chi connectivity index (χ1n) is 7.40. The molecule has 3 aromatic rings. The Morgan fingerprint density at radius 2 is 1.71 bits per heavy atom. The number of pyridine rings is 2. The van der Waals surface area contributed by atoms with Crippen LogP contribution in [0.15, 0.2) is 48.8 Å². The third kappa shape index (κ3) is 2.66. The van der Waals surface area contributed by atoms with Crippen LogP contribution in [-0.4, -0.2) is 17.1 Å². The van der Waals surface area contributed by atoms with E-state index in [0.717, 1.165) is 33.7 Å². The average molecular weight is 316 g/mol. The maximum absolute atomic E-state index is 9.51. The molecular weight excluding hydrogens is 300 g/mol. The van der Waals surface area contributed by atoms with Crippen molar-refractivity contribution in [3.63, 3.8) is 0 Å². The van der Waals surface area contributed by atoms with Gasteiger partial charge < -0.3 is 10.5 Å². The number of hydrogen-bond acceptors (Lipinski definition) is 5. The number of nitriles is 1. The van der Waals surface area contributed by atoms with Crippen LogP contribution in [0.25, 0.3) is 22.4 Å². The number of methoxy groups -OCH3 is 1. The van der Waals surface area contributed by atoms with Gasteiger partial charge in [0, 0.05) is 23.5 Å². The van der Waals surface area contributed by atoms with Crippen molar-refractivity contribution in [2.45, 2.75) is 6.92 Å². The molecule has 3 rings (SSSR count). The minimum absolute atomic E-state index is 0.223. The van der Waals surface area contributed by atoms with Crippen molar-refractivity contribution in [3.05, 3.63) is 59.9 Å². The highest BCUT2D eigenvalue weighted by molar-refractivity contribution is 5.84. The number of benzene rings is 1. The van der Waals surface area contributed by atoms with Crippen molar-refractivity contribution in [2.75, 3.05) is 12.8 Å². The lowest BCUT2D eigenvalue weighted by Crippen LogP contribution is -2.03. The van der Waals surface area contributed by atoms with Crippen molar-refractivity contribution in [3.8, 4) is 34.2 Å². The molecule has 0 saturated heterocycles. The minimum Gasteiger partial charge on any atom is -0.497 e. The summed E-state index contributed by atoms with van der Waals surface area (Å²) in [6.07, 6.45) is 3.39. The van der Waals surface area contributed by atoms with Crippen LogP contribution in [-0.2, 0) is 0 Å². The Hall–Kier alpha value is -3.39. The van der Waals surface area contributed by atoms with Crippen molar-refractivity contribution in [2.24, 2.45) is 0 Å². The molecule has 0 fully saturated rings. The Balaban J connectivity index is 2.26. The minimum atomic E-state index is 0.223. The summed E-state index contributed by atoms with van der Waals surface area (Å²) in [6.45, 7) is 1.95. The molecule has 5 heteroatoms. The van der Waals surface area contributed by atoms with E-state index >= 15 is 0 Å². The van der Waals surface area contributed by atoms with Gasteiger partial charge in [-0.3, -0.25) is 4.98 Å². The van der Waals surface area contributed by atoms with Crippen LogP contribution in [0.5, 0.6) is 5.75 Å². The molecule has 2 N–H and O–H groups in total. The topological polar surface area (TPSA) is 84.8 Å². The van der Waals surface area contributed by atoms with Gasteiger partial charge in [-0.2, -0.15) is 5.26 Å². The van der Waals surface area contributed by atoms with Gasteiger partial charge in [-0.25, -0.2) is 4.98 Å². The van der Waals surface area contributed by atoms with Gasteiger partial charge in [-0.1, -0.05) is 0 Å². The largest absolute Gasteiger partial charge is 0.497 e. The van der Waals surface area contributed by atoms with Gasteiger partial charge in [0.1, 0.15) is 23.2 Å². The van der Waals surface area contributed by atoms with Gasteiger partial charge in [0.15, 0.2) is 0 Å². The highest BCUT2D eigenvalue weighted by Crippen LogP contribution is 2.35. The molecule has 0 atom stereocenters. The van der Waals surface area contributed by atoms with Crippen LogP contribution in [0.4, 0.5) is 5.82 Å². The molecular formula is C19H16N4O. The average Bonchev–Trinajstić information content (AvgIpc) is 2.63. The van der Waals surface area contributed by atoms with E-state index in [1.54, 1.807) is 19.5 Å². The standard InChI is InChI=1S/C19H16N4O/c1-12-17(13-7-9-22-10-8-13)16(11-20)19(21)23-18(12)14-3-5-15(24-2)6-4-14/h3-10H,1-2H3,(H2,21,23). The van der Waals surface area contributed by atoms with Crippen LogP contribution >= 0.6 is 0 Å². The van der Waals surface area contributed by atoms with Crippen LogP contribution in [0, 0.1) is 18.3 Å². The zero-order valence-electron chi connectivity index (χ0n) is 13.4. The Kier molecular flexibility index (Phi) is 4.13. The van der Waals surface area contributed by atoms with E-state index in [0.29, 0.717) is 5.56 Å². The summed E-state index contributed by atoms with van der Waals surface area (Å²) < 4.78 is 5.19. The number of nitrogens with two attached hydrogens (primary N) is 1. The Labute approximate surface area is 140 Å². The fourth-order valence-electron chi connectivity index (χ4n) is 2.72. The molecule has 0 amide bonds. The fraction of sp³-hybridized carbons (Fsp3) is 0.105. The van der Waals surface area contributed by atoms with Crippen molar-refractivity contribution in [1.82, 2.24) is 9.97 Å². The van der Waals surface area contributed by atoms with Gasteiger partial charge in [0.2, 0.25) is 0 Å². The van der Waals surface area contributed by atoms with E-state index in [1.165, 1.54) is 0 Å². The van der Waals surface area contributed by atoms with E-state index in [1.807, 2.05) is 43.3 Å². The number of aromatic nitrogens is 2.